The van der Waals surface area contributed by atoms with Gasteiger partial charge in [0.2, 0.25) is 0 Å². The molecule has 0 radical (unpaired) electrons. The average molecular weight is 344 g/mol. The Balaban J connectivity index is 1.99. The van der Waals surface area contributed by atoms with E-state index in [4.69, 9.17) is 4.74 Å². The van der Waals surface area contributed by atoms with E-state index in [9.17, 15) is 0 Å². The van der Waals surface area contributed by atoms with Crippen LogP contribution in [0.3, 0.4) is 0 Å². The minimum Gasteiger partial charge on any atom is -0.378 e. The number of piperidine rings is 1. The number of halogens is 1. The molecule has 1 aromatic heterocycles. The van der Waals surface area contributed by atoms with Crippen molar-refractivity contribution in [1.82, 2.24) is 14.7 Å². The topological polar surface area (TPSA) is 30.3 Å². The molecule has 1 saturated heterocycles. The van der Waals surface area contributed by atoms with Crippen LogP contribution >= 0.6 is 15.9 Å². The lowest BCUT2D eigenvalue weighted by molar-refractivity contribution is 0.0119. The molecule has 1 aromatic rings. The summed E-state index contributed by atoms with van der Waals surface area (Å²) in [5.41, 5.74) is 2.49. The standard InChI is InChI=1S/C15H26BrN3O/c1-4-13-15(16)14(19(5-2)17-13)11-18-9-7-12(8-10-18)20-6-3/h12H,4-11H2,1-3H3. The van der Waals surface area contributed by atoms with Crippen LogP contribution in [0.25, 0.3) is 0 Å². The minimum atomic E-state index is 0.460. The molecule has 2 rings (SSSR count). The Kier molecular flexibility index (Phi) is 6.05. The molecule has 1 aliphatic rings. The van der Waals surface area contributed by atoms with E-state index in [0.717, 1.165) is 52.0 Å². The molecule has 114 valence electrons. The molecule has 2 heterocycles. The van der Waals surface area contributed by atoms with Gasteiger partial charge in [-0.2, -0.15) is 5.10 Å². The van der Waals surface area contributed by atoms with Crippen molar-refractivity contribution < 1.29 is 4.74 Å². The van der Waals surface area contributed by atoms with Crippen molar-refractivity contribution in [2.24, 2.45) is 0 Å². The molecule has 0 atom stereocenters. The van der Waals surface area contributed by atoms with E-state index in [1.54, 1.807) is 0 Å². The summed E-state index contributed by atoms with van der Waals surface area (Å²) in [5.74, 6) is 0. The van der Waals surface area contributed by atoms with E-state index in [1.807, 2.05) is 0 Å². The first-order chi connectivity index (χ1) is 9.69. The molecule has 0 aliphatic carbocycles. The Labute approximate surface area is 130 Å². The van der Waals surface area contributed by atoms with Crippen molar-refractivity contribution in [2.45, 2.75) is 59.2 Å². The summed E-state index contributed by atoms with van der Waals surface area (Å²) in [7, 11) is 0. The maximum atomic E-state index is 5.72. The molecule has 0 unspecified atom stereocenters. The number of hydrogen-bond donors (Lipinski definition) is 0. The Bertz CT molecular complexity index is 425. The van der Waals surface area contributed by atoms with Gasteiger partial charge in [-0.1, -0.05) is 6.92 Å². The van der Waals surface area contributed by atoms with E-state index in [-0.39, 0.29) is 0 Å². The second-order valence-corrected chi connectivity index (χ2v) is 6.10. The maximum absolute atomic E-state index is 5.72. The summed E-state index contributed by atoms with van der Waals surface area (Å²) in [5, 5.41) is 4.68. The summed E-state index contributed by atoms with van der Waals surface area (Å²) < 4.78 is 9.06. The molecule has 0 bridgehead atoms. The fourth-order valence-electron chi connectivity index (χ4n) is 2.85. The zero-order chi connectivity index (χ0) is 14.5. The molecule has 5 heteroatoms. The molecule has 1 fully saturated rings. The van der Waals surface area contributed by atoms with Crippen LogP contribution in [0.1, 0.15) is 45.0 Å². The fraction of sp³-hybridized carbons (Fsp3) is 0.800. The number of rotatable bonds is 6. The van der Waals surface area contributed by atoms with Crippen LogP contribution in [-0.4, -0.2) is 40.5 Å². The van der Waals surface area contributed by atoms with Crippen LogP contribution in [-0.2, 0) is 24.2 Å². The molecular weight excluding hydrogens is 318 g/mol. The average Bonchev–Trinajstić information content (AvgIpc) is 2.77. The van der Waals surface area contributed by atoms with E-state index >= 15 is 0 Å². The van der Waals surface area contributed by atoms with Crippen LogP contribution in [0, 0.1) is 0 Å². The van der Waals surface area contributed by atoms with Gasteiger partial charge in [-0.15, -0.1) is 0 Å². The van der Waals surface area contributed by atoms with Gasteiger partial charge in [0.05, 0.1) is 22.0 Å². The lowest BCUT2D eigenvalue weighted by atomic mass is 10.1. The third-order valence-corrected chi connectivity index (χ3v) is 4.92. The Morgan fingerprint density at radius 2 is 1.95 bits per heavy atom. The first-order valence-electron chi connectivity index (χ1n) is 7.77. The van der Waals surface area contributed by atoms with Gasteiger partial charge in [0, 0.05) is 32.8 Å². The molecule has 0 aromatic carbocycles. The van der Waals surface area contributed by atoms with Crippen molar-refractivity contribution in [3.8, 4) is 0 Å². The predicted octanol–water partition coefficient (Wildman–Crippen LogP) is 3.23. The predicted molar refractivity (Wildman–Crippen MR) is 84.9 cm³/mol. The first-order valence-corrected chi connectivity index (χ1v) is 8.56. The van der Waals surface area contributed by atoms with Crippen molar-refractivity contribution >= 4 is 15.9 Å². The van der Waals surface area contributed by atoms with E-state index in [1.165, 1.54) is 15.9 Å². The molecule has 0 amide bonds. The lowest BCUT2D eigenvalue weighted by Gasteiger charge is -2.31. The van der Waals surface area contributed by atoms with E-state index in [2.05, 4.69) is 51.4 Å². The number of hydrogen-bond acceptors (Lipinski definition) is 3. The number of aryl methyl sites for hydroxylation is 2. The van der Waals surface area contributed by atoms with E-state index in [0.29, 0.717) is 6.10 Å². The summed E-state index contributed by atoms with van der Waals surface area (Å²) in [6, 6.07) is 0. The van der Waals surface area contributed by atoms with Crippen LogP contribution in [0.4, 0.5) is 0 Å². The number of likely N-dealkylation sites (tertiary alicyclic amines) is 1. The number of aromatic nitrogens is 2. The minimum absolute atomic E-state index is 0.460. The van der Waals surface area contributed by atoms with Crippen molar-refractivity contribution in [3.05, 3.63) is 15.9 Å². The quantitative estimate of drug-likeness (QED) is 0.794. The van der Waals surface area contributed by atoms with Gasteiger partial charge in [0.15, 0.2) is 0 Å². The van der Waals surface area contributed by atoms with Crippen LogP contribution in [0.2, 0.25) is 0 Å². The summed E-state index contributed by atoms with van der Waals surface area (Å²) >= 11 is 3.73. The van der Waals surface area contributed by atoms with Gasteiger partial charge in [-0.05, 0) is 49.0 Å². The lowest BCUT2D eigenvalue weighted by Crippen LogP contribution is -2.37. The smallest absolute Gasteiger partial charge is 0.0767 e. The molecular formula is C15H26BrN3O. The second kappa shape index (κ2) is 7.57. The summed E-state index contributed by atoms with van der Waals surface area (Å²) in [4.78, 5) is 2.52. The molecule has 1 aliphatic heterocycles. The number of ether oxygens (including phenoxy) is 1. The maximum Gasteiger partial charge on any atom is 0.0767 e. The van der Waals surface area contributed by atoms with Gasteiger partial charge >= 0.3 is 0 Å². The van der Waals surface area contributed by atoms with Gasteiger partial charge in [0.25, 0.3) is 0 Å². The zero-order valence-electron chi connectivity index (χ0n) is 12.9. The Morgan fingerprint density at radius 1 is 1.25 bits per heavy atom. The first kappa shape index (κ1) is 16.0. The summed E-state index contributed by atoms with van der Waals surface area (Å²) in [6.07, 6.45) is 3.73. The van der Waals surface area contributed by atoms with Gasteiger partial charge in [-0.25, -0.2) is 0 Å². The van der Waals surface area contributed by atoms with Crippen molar-refractivity contribution in [2.75, 3.05) is 19.7 Å². The van der Waals surface area contributed by atoms with Crippen molar-refractivity contribution in [1.29, 1.82) is 0 Å². The van der Waals surface area contributed by atoms with Crippen LogP contribution < -0.4 is 0 Å². The Morgan fingerprint density at radius 3 is 2.50 bits per heavy atom. The largest absolute Gasteiger partial charge is 0.378 e. The molecule has 0 saturated carbocycles. The summed E-state index contributed by atoms with van der Waals surface area (Å²) in [6.45, 7) is 11.4. The molecule has 0 spiro atoms. The highest BCUT2D eigenvalue weighted by atomic mass is 79.9. The third-order valence-electron chi connectivity index (χ3n) is 4.00. The SMILES string of the molecule is CCOC1CCN(Cc2c(Br)c(CC)nn2CC)CC1. The highest BCUT2D eigenvalue weighted by Crippen LogP contribution is 2.25. The van der Waals surface area contributed by atoms with Gasteiger partial charge in [-0.3, -0.25) is 9.58 Å². The fourth-order valence-corrected chi connectivity index (χ4v) is 3.54. The molecule has 4 nitrogen and oxygen atoms in total. The Hall–Kier alpha value is -0.390. The number of nitrogens with zero attached hydrogens (tertiary/aromatic N) is 3. The van der Waals surface area contributed by atoms with Crippen LogP contribution in [0.5, 0.6) is 0 Å². The third kappa shape index (κ3) is 3.62. The second-order valence-electron chi connectivity index (χ2n) is 5.31. The monoisotopic (exact) mass is 343 g/mol. The molecule has 20 heavy (non-hydrogen) atoms. The van der Waals surface area contributed by atoms with Crippen LogP contribution in [0.15, 0.2) is 4.47 Å². The van der Waals surface area contributed by atoms with Crippen molar-refractivity contribution in [3.63, 3.8) is 0 Å². The zero-order valence-corrected chi connectivity index (χ0v) is 14.4. The molecule has 0 N–H and O–H groups in total. The van der Waals surface area contributed by atoms with Gasteiger partial charge in [0.1, 0.15) is 0 Å². The normalized spacial score (nSPS) is 17.8. The van der Waals surface area contributed by atoms with E-state index < -0.39 is 0 Å². The highest BCUT2D eigenvalue weighted by molar-refractivity contribution is 9.10. The highest BCUT2D eigenvalue weighted by Gasteiger charge is 2.22. The van der Waals surface area contributed by atoms with Gasteiger partial charge < -0.3 is 4.74 Å².